The van der Waals surface area contributed by atoms with Gasteiger partial charge in [0.2, 0.25) is 0 Å². The molecule has 1 unspecified atom stereocenters. The lowest BCUT2D eigenvalue weighted by Crippen LogP contribution is -2.30. The number of hydrogen-bond donors (Lipinski definition) is 2. The van der Waals surface area contributed by atoms with Gasteiger partial charge in [0.15, 0.2) is 0 Å². The van der Waals surface area contributed by atoms with E-state index in [9.17, 15) is 0 Å². The van der Waals surface area contributed by atoms with Crippen LogP contribution in [0.25, 0.3) is 0 Å². The maximum absolute atomic E-state index is 5.99. The second kappa shape index (κ2) is 6.21. The summed E-state index contributed by atoms with van der Waals surface area (Å²) in [6.45, 7) is 7.18. The highest BCUT2D eigenvalue weighted by atomic mass is 79.9. The number of rotatable bonds is 5. The molecule has 1 rings (SSSR count). The van der Waals surface area contributed by atoms with Gasteiger partial charge in [0.25, 0.3) is 0 Å². The Morgan fingerprint density at radius 1 is 1.50 bits per heavy atom. The second-order valence-electron chi connectivity index (χ2n) is 4.59. The molecule has 0 saturated carbocycles. The zero-order chi connectivity index (χ0) is 12.1. The molecule has 16 heavy (non-hydrogen) atoms. The third kappa shape index (κ3) is 4.49. The van der Waals surface area contributed by atoms with Gasteiger partial charge >= 0.3 is 0 Å². The van der Waals surface area contributed by atoms with Gasteiger partial charge in [-0.3, -0.25) is 0 Å². The Labute approximate surface area is 106 Å². The maximum Gasteiger partial charge on any atom is 0.126 e. The van der Waals surface area contributed by atoms with Gasteiger partial charge < -0.3 is 11.1 Å². The molecule has 3 nitrogen and oxygen atoms in total. The van der Waals surface area contributed by atoms with Crippen LogP contribution in [-0.4, -0.2) is 17.6 Å². The average molecular weight is 286 g/mol. The van der Waals surface area contributed by atoms with Gasteiger partial charge in [-0.05, 0) is 46.8 Å². The molecular weight excluding hydrogens is 266 g/mol. The Kier molecular flexibility index (Phi) is 5.22. The predicted octanol–water partition coefficient (Wildman–Crippen LogP) is 2.94. The Morgan fingerprint density at radius 3 is 2.75 bits per heavy atom. The van der Waals surface area contributed by atoms with Crippen LogP contribution < -0.4 is 11.1 Å². The first-order valence-corrected chi connectivity index (χ1v) is 6.40. The van der Waals surface area contributed by atoms with Gasteiger partial charge in [-0.2, -0.15) is 0 Å². The number of nitrogens with two attached hydrogens (primary N) is 1. The van der Waals surface area contributed by atoms with E-state index in [1.54, 1.807) is 0 Å². The Bertz CT molecular complexity index is 339. The van der Waals surface area contributed by atoms with Crippen molar-refractivity contribution in [2.45, 2.75) is 33.2 Å². The predicted molar refractivity (Wildman–Crippen MR) is 72.6 cm³/mol. The molecule has 1 heterocycles. The Morgan fingerprint density at radius 2 is 2.19 bits per heavy atom. The van der Waals surface area contributed by atoms with Gasteiger partial charge in [-0.15, -0.1) is 0 Å². The van der Waals surface area contributed by atoms with Crippen molar-refractivity contribution in [1.29, 1.82) is 0 Å². The zero-order valence-electron chi connectivity index (χ0n) is 10.1. The molecule has 0 aliphatic carbocycles. The standard InChI is InChI=1S/C12H20BrN3/c1-8(2)4-10(14)6-15-12-5-9(3)11(13)7-16-12/h5,7-8,10H,4,6,14H2,1-3H3,(H,15,16). The fourth-order valence-electron chi connectivity index (χ4n) is 1.56. The number of pyridine rings is 1. The number of aryl methyl sites for hydroxylation is 1. The molecule has 0 spiro atoms. The zero-order valence-corrected chi connectivity index (χ0v) is 11.7. The van der Waals surface area contributed by atoms with Gasteiger partial charge in [-0.25, -0.2) is 4.98 Å². The number of anilines is 1. The van der Waals surface area contributed by atoms with E-state index in [1.807, 2.05) is 19.2 Å². The lowest BCUT2D eigenvalue weighted by molar-refractivity contribution is 0.508. The summed E-state index contributed by atoms with van der Waals surface area (Å²) in [7, 11) is 0. The number of hydrogen-bond acceptors (Lipinski definition) is 3. The molecule has 0 aromatic carbocycles. The van der Waals surface area contributed by atoms with Crippen molar-refractivity contribution >= 4 is 21.7 Å². The number of halogens is 1. The molecule has 0 bridgehead atoms. The molecule has 0 aliphatic rings. The smallest absolute Gasteiger partial charge is 0.126 e. The van der Waals surface area contributed by atoms with Crippen LogP contribution in [0.15, 0.2) is 16.7 Å². The summed E-state index contributed by atoms with van der Waals surface area (Å²) < 4.78 is 1.03. The Hall–Kier alpha value is -0.610. The van der Waals surface area contributed by atoms with E-state index >= 15 is 0 Å². The van der Waals surface area contributed by atoms with E-state index in [1.165, 1.54) is 5.56 Å². The summed E-state index contributed by atoms with van der Waals surface area (Å²) in [6, 6.07) is 2.21. The van der Waals surface area contributed by atoms with Crippen molar-refractivity contribution in [3.05, 3.63) is 22.3 Å². The molecule has 0 aliphatic heterocycles. The number of nitrogens with zero attached hydrogens (tertiary/aromatic N) is 1. The van der Waals surface area contributed by atoms with Crippen LogP contribution in [0.5, 0.6) is 0 Å². The summed E-state index contributed by atoms with van der Waals surface area (Å²) in [6.07, 6.45) is 2.84. The molecule has 0 fully saturated rings. The fourth-order valence-corrected chi connectivity index (χ4v) is 1.78. The SMILES string of the molecule is Cc1cc(NCC(N)CC(C)C)ncc1Br. The summed E-state index contributed by atoms with van der Waals surface area (Å²) >= 11 is 3.43. The van der Waals surface area contributed by atoms with Crippen LogP contribution in [0.1, 0.15) is 25.8 Å². The van der Waals surface area contributed by atoms with Crippen molar-refractivity contribution in [3.63, 3.8) is 0 Å². The van der Waals surface area contributed by atoms with Crippen molar-refractivity contribution in [3.8, 4) is 0 Å². The van der Waals surface area contributed by atoms with Crippen LogP contribution in [0, 0.1) is 12.8 Å². The highest BCUT2D eigenvalue weighted by molar-refractivity contribution is 9.10. The van der Waals surface area contributed by atoms with E-state index in [4.69, 9.17) is 5.73 Å². The lowest BCUT2D eigenvalue weighted by Gasteiger charge is -2.15. The minimum atomic E-state index is 0.186. The van der Waals surface area contributed by atoms with Crippen molar-refractivity contribution in [2.24, 2.45) is 11.7 Å². The molecule has 1 aromatic rings. The minimum Gasteiger partial charge on any atom is -0.369 e. The maximum atomic E-state index is 5.99. The lowest BCUT2D eigenvalue weighted by atomic mass is 10.0. The molecule has 0 amide bonds. The van der Waals surface area contributed by atoms with E-state index in [0.717, 1.165) is 23.3 Å². The van der Waals surface area contributed by atoms with E-state index in [-0.39, 0.29) is 6.04 Å². The topological polar surface area (TPSA) is 50.9 Å². The highest BCUT2D eigenvalue weighted by Crippen LogP contribution is 2.17. The Balaban J connectivity index is 2.45. The van der Waals surface area contributed by atoms with Gasteiger partial charge in [-0.1, -0.05) is 13.8 Å². The molecule has 1 atom stereocenters. The molecular formula is C12H20BrN3. The van der Waals surface area contributed by atoms with Gasteiger partial charge in [0, 0.05) is 23.3 Å². The molecule has 90 valence electrons. The van der Waals surface area contributed by atoms with E-state index in [0.29, 0.717) is 5.92 Å². The molecule has 3 N–H and O–H groups in total. The summed E-state index contributed by atoms with van der Waals surface area (Å²) in [5.41, 5.74) is 7.17. The van der Waals surface area contributed by atoms with Crippen LogP contribution >= 0.6 is 15.9 Å². The summed E-state index contributed by atoms with van der Waals surface area (Å²) in [4.78, 5) is 4.28. The van der Waals surface area contributed by atoms with Crippen LogP contribution in [-0.2, 0) is 0 Å². The first-order valence-electron chi connectivity index (χ1n) is 5.60. The van der Waals surface area contributed by atoms with Crippen molar-refractivity contribution in [1.82, 2.24) is 4.98 Å². The number of nitrogens with one attached hydrogen (secondary N) is 1. The third-order valence-corrected chi connectivity index (χ3v) is 3.20. The van der Waals surface area contributed by atoms with Gasteiger partial charge in [0.05, 0.1) is 0 Å². The minimum absolute atomic E-state index is 0.186. The van der Waals surface area contributed by atoms with Crippen LogP contribution in [0.2, 0.25) is 0 Å². The summed E-state index contributed by atoms with van der Waals surface area (Å²) in [5.74, 6) is 1.52. The molecule has 0 radical (unpaired) electrons. The van der Waals surface area contributed by atoms with Crippen molar-refractivity contribution < 1.29 is 0 Å². The third-order valence-electron chi connectivity index (χ3n) is 2.37. The average Bonchev–Trinajstić information content (AvgIpc) is 2.19. The quantitative estimate of drug-likeness (QED) is 0.875. The van der Waals surface area contributed by atoms with E-state index in [2.05, 4.69) is 40.1 Å². The largest absolute Gasteiger partial charge is 0.369 e. The van der Waals surface area contributed by atoms with Crippen LogP contribution in [0.4, 0.5) is 5.82 Å². The molecule has 4 heteroatoms. The van der Waals surface area contributed by atoms with Gasteiger partial charge in [0.1, 0.15) is 5.82 Å². The van der Waals surface area contributed by atoms with E-state index < -0.39 is 0 Å². The fraction of sp³-hybridized carbons (Fsp3) is 0.583. The first kappa shape index (κ1) is 13.5. The first-order chi connectivity index (χ1) is 7.49. The van der Waals surface area contributed by atoms with Crippen molar-refractivity contribution in [2.75, 3.05) is 11.9 Å². The molecule has 0 saturated heterocycles. The number of aromatic nitrogens is 1. The van der Waals surface area contributed by atoms with Crippen LogP contribution in [0.3, 0.4) is 0 Å². The highest BCUT2D eigenvalue weighted by Gasteiger charge is 2.06. The second-order valence-corrected chi connectivity index (χ2v) is 5.44. The summed E-state index contributed by atoms with van der Waals surface area (Å²) in [5, 5.41) is 3.26. The normalized spacial score (nSPS) is 12.9. The monoisotopic (exact) mass is 285 g/mol. The molecule has 1 aromatic heterocycles.